The third kappa shape index (κ3) is 2.04. The van der Waals surface area contributed by atoms with E-state index < -0.39 is 0 Å². The second-order valence-electron chi connectivity index (χ2n) is 3.15. The van der Waals surface area contributed by atoms with Gasteiger partial charge in [-0.3, -0.25) is 4.99 Å². The fraction of sp³-hybridized carbons (Fsp3) is 0.444. The average Bonchev–Trinajstić information content (AvgIpc) is 2.64. The van der Waals surface area contributed by atoms with E-state index >= 15 is 0 Å². The lowest BCUT2D eigenvalue weighted by Crippen LogP contribution is -2.34. The van der Waals surface area contributed by atoms with Gasteiger partial charge in [-0.2, -0.15) is 0 Å². The monoisotopic (exact) mass is 231 g/mol. The van der Waals surface area contributed by atoms with Crippen LogP contribution in [0.15, 0.2) is 26.8 Å². The van der Waals surface area contributed by atoms with Gasteiger partial charge < -0.3 is 10.6 Å². The molecule has 2 rings (SSSR count). The predicted molar refractivity (Wildman–Crippen MR) is 59.5 cm³/mol. The molecular formula is C9H11Cl2N3. The van der Waals surface area contributed by atoms with Crippen molar-refractivity contribution >= 4 is 29.2 Å². The molecular weight excluding hydrogens is 221 g/mol. The van der Waals surface area contributed by atoms with Crippen molar-refractivity contribution < 1.29 is 0 Å². The fourth-order valence-electron chi connectivity index (χ4n) is 1.41. The molecule has 0 atom stereocenters. The van der Waals surface area contributed by atoms with Gasteiger partial charge in [-0.25, -0.2) is 0 Å². The summed E-state index contributed by atoms with van der Waals surface area (Å²) in [5, 5.41) is 7.66. The molecule has 5 heteroatoms. The normalized spacial score (nSPS) is 21.6. The molecule has 14 heavy (non-hydrogen) atoms. The molecule has 0 aromatic heterocycles. The molecule has 3 nitrogen and oxygen atoms in total. The Bertz CT molecular complexity index is 331. The van der Waals surface area contributed by atoms with Crippen molar-refractivity contribution in [2.45, 2.75) is 12.8 Å². The summed E-state index contributed by atoms with van der Waals surface area (Å²) in [6.07, 6.45) is 3.71. The summed E-state index contributed by atoms with van der Waals surface area (Å²) in [4.78, 5) is 4.21. The molecule has 2 aliphatic rings. The lowest BCUT2D eigenvalue weighted by atomic mass is 10.1. The first kappa shape index (κ1) is 9.87. The number of nitrogens with zero attached hydrogens (tertiary/aromatic N) is 1. The zero-order chi connectivity index (χ0) is 9.97. The van der Waals surface area contributed by atoms with E-state index in [2.05, 4.69) is 15.6 Å². The van der Waals surface area contributed by atoms with Gasteiger partial charge >= 0.3 is 0 Å². The van der Waals surface area contributed by atoms with Gasteiger partial charge in [0, 0.05) is 11.6 Å². The van der Waals surface area contributed by atoms with Crippen LogP contribution in [0, 0.1) is 0 Å². The van der Waals surface area contributed by atoms with Crippen LogP contribution < -0.4 is 10.6 Å². The molecule has 0 aromatic rings. The first-order valence-corrected chi connectivity index (χ1v) is 5.33. The fourth-order valence-corrected chi connectivity index (χ4v) is 1.99. The Morgan fingerprint density at radius 1 is 1.43 bits per heavy atom. The molecule has 1 aliphatic heterocycles. The molecule has 0 saturated heterocycles. The third-order valence-electron chi connectivity index (χ3n) is 2.12. The van der Waals surface area contributed by atoms with Crippen LogP contribution in [0.4, 0.5) is 0 Å². The minimum Gasteiger partial charge on any atom is -0.354 e. The second kappa shape index (κ2) is 4.24. The number of nitrogens with one attached hydrogen (secondary N) is 2. The summed E-state index contributed by atoms with van der Waals surface area (Å²) in [5.41, 5.74) is 0.785. The number of aliphatic imine (C=N–C) groups is 1. The van der Waals surface area contributed by atoms with Crippen LogP contribution in [0.2, 0.25) is 0 Å². The molecule has 0 spiro atoms. The highest BCUT2D eigenvalue weighted by atomic mass is 35.5. The van der Waals surface area contributed by atoms with Gasteiger partial charge in [0.05, 0.1) is 17.3 Å². The van der Waals surface area contributed by atoms with E-state index in [9.17, 15) is 0 Å². The maximum atomic E-state index is 6.07. The van der Waals surface area contributed by atoms with Crippen LogP contribution >= 0.6 is 23.2 Å². The summed E-state index contributed by atoms with van der Waals surface area (Å²) in [6.45, 7) is 1.67. The van der Waals surface area contributed by atoms with Crippen molar-refractivity contribution in [1.29, 1.82) is 0 Å². The minimum atomic E-state index is 0.678. The van der Waals surface area contributed by atoms with Gasteiger partial charge in [0.2, 0.25) is 0 Å². The molecule has 0 saturated carbocycles. The predicted octanol–water partition coefficient (Wildman–Crippen LogP) is 1.90. The molecule has 0 aromatic carbocycles. The standard InChI is InChI=1S/C9H11Cl2N3/c10-6-2-1-3-7(11)8(6)14-9-12-4-5-13-9/h2H,1,3-5H2,(H2,12,13,14). The molecule has 2 N–H and O–H groups in total. The highest BCUT2D eigenvalue weighted by molar-refractivity contribution is 6.36. The molecule has 0 radical (unpaired) electrons. The van der Waals surface area contributed by atoms with Crippen LogP contribution in [0.1, 0.15) is 12.8 Å². The lowest BCUT2D eigenvalue weighted by molar-refractivity contribution is 0.921. The van der Waals surface area contributed by atoms with Crippen molar-refractivity contribution in [2.24, 2.45) is 4.99 Å². The van der Waals surface area contributed by atoms with Gasteiger partial charge in [0.25, 0.3) is 0 Å². The zero-order valence-electron chi connectivity index (χ0n) is 7.61. The zero-order valence-corrected chi connectivity index (χ0v) is 9.12. The van der Waals surface area contributed by atoms with Crippen molar-refractivity contribution in [3.8, 4) is 0 Å². The molecule has 0 bridgehead atoms. The summed E-state index contributed by atoms with van der Waals surface area (Å²) in [5.74, 6) is 0.756. The summed E-state index contributed by atoms with van der Waals surface area (Å²) < 4.78 is 0. The highest BCUT2D eigenvalue weighted by Gasteiger charge is 2.15. The van der Waals surface area contributed by atoms with Crippen molar-refractivity contribution in [1.82, 2.24) is 10.6 Å². The Labute approximate surface area is 92.9 Å². The van der Waals surface area contributed by atoms with Crippen molar-refractivity contribution in [2.75, 3.05) is 13.1 Å². The van der Waals surface area contributed by atoms with Crippen LogP contribution in [0.5, 0.6) is 0 Å². The average molecular weight is 232 g/mol. The van der Waals surface area contributed by atoms with Gasteiger partial charge in [-0.1, -0.05) is 29.3 Å². The second-order valence-corrected chi connectivity index (χ2v) is 4.02. The van der Waals surface area contributed by atoms with E-state index in [4.69, 9.17) is 23.2 Å². The Kier molecular flexibility index (Phi) is 2.99. The quantitative estimate of drug-likeness (QED) is 0.724. The maximum Gasteiger partial charge on any atom is 0.195 e. The summed E-state index contributed by atoms with van der Waals surface area (Å²) >= 11 is 12.1. The van der Waals surface area contributed by atoms with E-state index in [1.54, 1.807) is 0 Å². The van der Waals surface area contributed by atoms with Gasteiger partial charge in [-0.15, -0.1) is 0 Å². The van der Waals surface area contributed by atoms with Crippen molar-refractivity contribution in [3.63, 3.8) is 0 Å². The summed E-state index contributed by atoms with van der Waals surface area (Å²) in [7, 11) is 0. The topological polar surface area (TPSA) is 36.4 Å². The van der Waals surface area contributed by atoms with E-state index in [0.717, 1.165) is 42.6 Å². The number of rotatable bonds is 1. The maximum absolute atomic E-state index is 6.07. The Morgan fingerprint density at radius 3 is 2.93 bits per heavy atom. The van der Waals surface area contributed by atoms with E-state index in [1.807, 2.05) is 6.08 Å². The third-order valence-corrected chi connectivity index (χ3v) is 2.84. The smallest absolute Gasteiger partial charge is 0.195 e. The number of guanidine groups is 1. The van der Waals surface area contributed by atoms with Gasteiger partial charge in [0.1, 0.15) is 0 Å². The van der Waals surface area contributed by atoms with Gasteiger partial charge in [0.15, 0.2) is 5.96 Å². The molecule has 0 fully saturated rings. The van der Waals surface area contributed by atoms with E-state index in [-0.39, 0.29) is 0 Å². The van der Waals surface area contributed by atoms with Crippen LogP contribution in [0.3, 0.4) is 0 Å². The number of halogens is 2. The van der Waals surface area contributed by atoms with E-state index in [1.165, 1.54) is 0 Å². The first-order valence-electron chi connectivity index (χ1n) is 4.57. The summed E-state index contributed by atoms with van der Waals surface area (Å²) in [6, 6.07) is 0. The van der Waals surface area contributed by atoms with Crippen molar-refractivity contribution in [3.05, 3.63) is 21.8 Å². The molecule has 1 heterocycles. The van der Waals surface area contributed by atoms with Crippen LogP contribution in [-0.4, -0.2) is 19.0 Å². The SMILES string of the molecule is ClC1=CCCC(Cl)=C1NC1=NCCN1. The van der Waals surface area contributed by atoms with Gasteiger partial charge in [-0.05, 0) is 12.8 Å². The molecule has 76 valence electrons. The Balaban J connectivity index is 2.12. The first-order chi connectivity index (χ1) is 6.77. The Hall–Kier alpha value is -0.670. The minimum absolute atomic E-state index is 0.678. The van der Waals surface area contributed by atoms with Crippen LogP contribution in [-0.2, 0) is 0 Å². The largest absolute Gasteiger partial charge is 0.354 e. The molecule has 1 aliphatic carbocycles. The molecule has 0 amide bonds. The van der Waals surface area contributed by atoms with Crippen LogP contribution in [0.25, 0.3) is 0 Å². The number of allylic oxidation sites excluding steroid dienone is 3. The Morgan fingerprint density at radius 2 is 2.29 bits per heavy atom. The lowest BCUT2D eigenvalue weighted by Gasteiger charge is -2.16. The molecule has 0 unspecified atom stereocenters. The number of hydrogen-bond acceptors (Lipinski definition) is 3. The number of hydrogen-bond donors (Lipinski definition) is 2. The van der Waals surface area contributed by atoms with E-state index in [0.29, 0.717) is 5.03 Å². The highest BCUT2D eigenvalue weighted by Crippen LogP contribution is 2.28.